The number of amides is 1. The van der Waals surface area contributed by atoms with Crippen LogP contribution in [-0.4, -0.2) is 40.8 Å². The lowest BCUT2D eigenvalue weighted by Crippen LogP contribution is -2.28. The molecule has 0 atom stereocenters. The number of hydrogen-bond acceptors (Lipinski definition) is 4. The van der Waals surface area contributed by atoms with Crippen LogP contribution in [0.5, 0.6) is 5.75 Å². The van der Waals surface area contributed by atoms with Crippen LogP contribution in [0, 0.1) is 0 Å². The van der Waals surface area contributed by atoms with Crippen LogP contribution in [0.25, 0.3) is 5.69 Å². The molecule has 2 N–H and O–H groups in total. The van der Waals surface area contributed by atoms with Gasteiger partial charge in [-0.25, -0.2) is 4.68 Å². The van der Waals surface area contributed by atoms with Crippen LogP contribution in [0.2, 0.25) is 0 Å². The third kappa shape index (κ3) is 2.44. The van der Waals surface area contributed by atoms with Crippen LogP contribution in [0.4, 0.5) is 5.82 Å². The number of aromatic nitrogens is 2. The van der Waals surface area contributed by atoms with Crippen molar-refractivity contribution >= 4 is 11.7 Å². The van der Waals surface area contributed by atoms with Gasteiger partial charge in [-0.05, 0) is 25.0 Å². The van der Waals surface area contributed by atoms with E-state index in [1.54, 1.807) is 17.9 Å². The van der Waals surface area contributed by atoms with E-state index in [2.05, 4.69) is 5.10 Å². The number of methoxy groups -OCH3 is 1. The van der Waals surface area contributed by atoms with Gasteiger partial charge in [-0.1, -0.05) is 12.1 Å². The third-order valence-electron chi connectivity index (χ3n) is 3.66. The molecule has 0 radical (unpaired) electrons. The van der Waals surface area contributed by atoms with Gasteiger partial charge in [0.05, 0.1) is 7.11 Å². The molecule has 1 aliphatic heterocycles. The van der Waals surface area contributed by atoms with Crippen molar-refractivity contribution in [1.82, 2.24) is 14.7 Å². The summed E-state index contributed by atoms with van der Waals surface area (Å²) in [4.78, 5) is 14.2. The molecule has 1 aromatic carbocycles. The highest BCUT2D eigenvalue weighted by molar-refractivity contribution is 5.93. The molecular formula is C15H18N4O2. The second-order valence-electron chi connectivity index (χ2n) is 5.04. The molecule has 6 nitrogen and oxygen atoms in total. The third-order valence-corrected chi connectivity index (χ3v) is 3.66. The minimum atomic E-state index is -0.0622. The number of rotatable bonds is 3. The number of hydrogen-bond donors (Lipinski definition) is 1. The second kappa shape index (κ2) is 5.47. The van der Waals surface area contributed by atoms with Gasteiger partial charge in [-0.2, -0.15) is 5.10 Å². The lowest BCUT2D eigenvalue weighted by Gasteiger charge is -2.13. The largest absolute Gasteiger partial charge is 0.494 e. The molecule has 0 unspecified atom stereocenters. The Morgan fingerprint density at radius 3 is 2.71 bits per heavy atom. The van der Waals surface area contributed by atoms with E-state index in [-0.39, 0.29) is 5.91 Å². The van der Waals surface area contributed by atoms with Crippen molar-refractivity contribution in [2.75, 3.05) is 25.9 Å². The quantitative estimate of drug-likeness (QED) is 0.932. The van der Waals surface area contributed by atoms with Crippen LogP contribution in [0.1, 0.15) is 23.3 Å². The number of anilines is 1. The molecule has 1 amide bonds. The first-order chi connectivity index (χ1) is 10.2. The summed E-state index contributed by atoms with van der Waals surface area (Å²) in [7, 11) is 1.59. The SMILES string of the molecule is COc1ccccc1-n1nc(C(=O)N2CCCC2)cc1N. The van der Waals surface area contributed by atoms with Crippen molar-refractivity contribution in [1.29, 1.82) is 0 Å². The zero-order valence-electron chi connectivity index (χ0n) is 12.0. The molecule has 0 spiro atoms. The monoisotopic (exact) mass is 286 g/mol. The molecule has 0 saturated carbocycles. The lowest BCUT2D eigenvalue weighted by atomic mass is 10.3. The van der Waals surface area contributed by atoms with Crippen LogP contribution >= 0.6 is 0 Å². The minimum absolute atomic E-state index is 0.0622. The molecule has 0 bridgehead atoms. The average molecular weight is 286 g/mol. The molecule has 21 heavy (non-hydrogen) atoms. The summed E-state index contributed by atoms with van der Waals surface area (Å²) in [5.74, 6) is 1.02. The molecule has 110 valence electrons. The molecule has 3 rings (SSSR count). The topological polar surface area (TPSA) is 73.4 Å². The smallest absolute Gasteiger partial charge is 0.274 e. The van der Waals surface area contributed by atoms with Gasteiger partial charge in [0, 0.05) is 19.2 Å². The molecule has 2 aromatic rings. The summed E-state index contributed by atoms with van der Waals surface area (Å²) in [6.07, 6.45) is 2.10. The highest BCUT2D eigenvalue weighted by Gasteiger charge is 2.23. The number of ether oxygens (including phenoxy) is 1. The van der Waals surface area contributed by atoms with E-state index in [0.717, 1.165) is 31.6 Å². The van der Waals surface area contributed by atoms with Gasteiger partial charge < -0.3 is 15.4 Å². The fraction of sp³-hybridized carbons (Fsp3) is 0.333. The molecule has 2 heterocycles. The molecular weight excluding hydrogens is 268 g/mol. The van der Waals surface area contributed by atoms with Gasteiger partial charge in [0.25, 0.3) is 5.91 Å². The van der Waals surface area contributed by atoms with Crippen LogP contribution in [-0.2, 0) is 0 Å². The number of nitrogens with zero attached hydrogens (tertiary/aromatic N) is 3. The summed E-state index contributed by atoms with van der Waals surface area (Å²) in [5.41, 5.74) is 7.10. The zero-order valence-corrected chi connectivity index (χ0v) is 12.0. The number of nitrogens with two attached hydrogens (primary N) is 1. The van der Waals surface area contributed by atoms with Crippen molar-refractivity contribution in [3.05, 3.63) is 36.0 Å². The van der Waals surface area contributed by atoms with Gasteiger partial charge in [0.15, 0.2) is 5.69 Å². The molecule has 0 aliphatic carbocycles. The van der Waals surface area contributed by atoms with Crippen LogP contribution in [0.15, 0.2) is 30.3 Å². The molecule has 1 aromatic heterocycles. The average Bonchev–Trinajstić information content (AvgIpc) is 3.16. The van der Waals surface area contributed by atoms with E-state index in [0.29, 0.717) is 17.3 Å². The second-order valence-corrected chi connectivity index (χ2v) is 5.04. The van der Waals surface area contributed by atoms with Crippen molar-refractivity contribution in [3.8, 4) is 11.4 Å². The van der Waals surface area contributed by atoms with Crippen molar-refractivity contribution < 1.29 is 9.53 Å². The first kappa shape index (κ1) is 13.5. The molecule has 1 saturated heterocycles. The zero-order chi connectivity index (χ0) is 14.8. The number of carbonyl (C=O) groups excluding carboxylic acids is 1. The highest BCUT2D eigenvalue weighted by atomic mass is 16.5. The Morgan fingerprint density at radius 2 is 2.00 bits per heavy atom. The van der Waals surface area contributed by atoms with Gasteiger partial charge in [-0.3, -0.25) is 4.79 Å². The maximum Gasteiger partial charge on any atom is 0.274 e. The van der Waals surface area contributed by atoms with E-state index in [1.165, 1.54) is 0 Å². The van der Waals surface area contributed by atoms with Crippen LogP contribution in [0.3, 0.4) is 0 Å². The number of likely N-dealkylation sites (tertiary alicyclic amines) is 1. The van der Waals surface area contributed by atoms with E-state index < -0.39 is 0 Å². The van der Waals surface area contributed by atoms with Gasteiger partial charge in [0.1, 0.15) is 17.3 Å². The predicted octanol–water partition coefficient (Wildman–Crippen LogP) is 1.70. The van der Waals surface area contributed by atoms with Gasteiger partial charge >= 0.3 is 0 Å². The Kier molecular flexibility index (Phi) is 3.51. The van der Waals surface area contributed by atoms with Crippen molar-refractivity contribution in [2.45, 2.75) is 12.8 Å². The van der Waals surface area contributed by atoms with E-state index in [9.17, 15) is 4.79 Å². The number of carbonyl (C=O) groups is 1. The Labute approximate surface area is 123 Å². The van der Waals surface area contributed by atoms with Gasteiger partial charge in [-0.15, -0.1) is 0 Å². The first-order valence-electron chi connectivity index (χ1n) is 6.99. The predicted molar refractivity (Wildman–Crippen MR) is 79.7 cm³/mol. The van der Waals surface area contributed by atoms with E-state index in [4.69, 9.17) is 10.5 Å². The normalized spacial score (nSPS) is 14.4. The minimum Gasteiger partial charge on any atom is -0.494 e. The van der Waals surface area contributed by atoms with Crippen molar-refractivity contribution in [3.63, 3.8) is 0 Å². The Hall–Kier alpha value is -2.50. The molecule has 1 fully saturated rings. The summed E-state index contributed by atoms with van der Waals surface area (Å²) >= 11 is 0. The fourth-order valence-corrected chi connectivity index (χ4v) is 2.58. The summed E-state index contributed by atoms with van der Waals surface area (Å²) < 4.78 is 6.86. The number of para-hydroxylation sites is 2. The van der Waals surface area contributed by atoms with Crippen molar-refractivity contribution in [2.24, 2.45) is 0 Å². The van der Waals surface area contributed by atoms with Gasteiger partial charge in [0.2, 0.25) is 0 Å². The van der Waals surface area contributed by atoms with Crippen LogP contribution < -0.4 is 10.5 Å². The maximum atomic E-state index is 12.4. The fourth-order valence-electron chi connectivity index (χ4n) is 2.58. The molecule has 1 aliphatic rings. The summed E-state index contributed by atoms with van der Waals surface area (Å²) in [5, 5.41) is 4.35. The lowest BCUT2D eigenvalue weighted by molar-refractivity contribution is 0.0786. The number of benzene rings is 1. The standard InChI is InChI=1S/C15H18N4O2/c1-21-13-7-3-2-6-12(13)19-14(16)10-11(17-19)15(20)18-8-4-5-9-18/h2-3,6-7,10H,4-5,8-9,16H2,1H3. The summed E-state index contributed by atoms with van der Waals surface area (Å²) in [6, 6.07) is 9.05. The highest BCUT2D eigenvalue weighted by Crippen LogP contribution is 2.25. The van der Waals surface area contributed by atoms with E-state index in [1.807, 2.05) is 29.2 Å². The first-order valence-corrected chi connectivity index (χ1v) is 6.99. The Bertz CT molecular complexity index is 659. The summed E-state index contributed by atoms with van der Waals surface area (Å²) in [6.45, 7) is 1.58. The maximum absolute atomic E-state index is 12.4. The Balaban J connectivity index is 1.96. The van der Waals surface area contributed by atoms with E-state index >= 15 is 0 Å². The molecule has 6 heteroatoms. The number of nitrogen functional groups attached to an aromatic ring is 1. The Morgan fingerprint density at radius 1 is 1.29 bits per heavy atom.